The summed E-state index contributed by atoms with van der Waals surface area (Å²) in [5.41, 5.74) is 1.09. The Morgan fingerprint density at radius 1 is 1.29 bits per heavy atom. The van der Waals surface area contributed by atoms with Crippen LogP contribution in [0.25, 0.3) is 22.2 Å². The molecule has 7 heteroatoms. The monoisotopic (exact) mass is 325 g/mol. The van der Waals surface area contributed by atoms with Crippen LogP contribution in [-0.2, 0) is 4.79 Å². The van der Waals surface area contributed by atoms with Gasteiger partial charge in [0.25, 0.3) is 0 Å². The van der Waals surface area contributed by atoms with Gasteiger partial charge in [0, 0.05) is 30.5 Å². The van der Waals surface area contributed by atoms with Crippen LogP contribution in [0.3, 0.4) is 0 Å². The highest BCUT2D eigenvalue weighted by molar-refractivity contribution is 5.96. The molecule has 3 heterocycles. The molecule has 1 fully saturated rings. The number of oxazole rings is 1. The van der Waals surface area contributed by atoms with Crippen molar-refractivity contribution in [1.82, 2.24) is 9.97 Å². The van der Waals surface area contributed by atoms with E-state index in [0.717, 1.165) is 6.42 Å². The van der Waals surface area contributed by atoms with Crippen LogP contribution >= 0.6 is 0 Å². The first-order chi connectivity index (χ1) is 11.7. The molecule has 122 valence electrons. The van der Waals surface area contributed by atoms with Crippen molar-refractivity contribution >= 4 is 22.6 Å². The lowest BCUT2D eigenvalue weighted by atomic mass is 10.1. The number of aromatic amines is 1. The normalized spacial score (nSPS) is 14.5. The summed E-state index contributed by atoms with van der Waals surface area (Å²) in [5.74, 6) is 1.62. The summed E-state index contributed by atoms with van der Waals surface area (Å²) < 4.78 is 10.7. The summed E-state index contributed by atoms with van der Waals surface area (Å²) >= 11 is 0. The molecule has 0 unspecified atom stereocenters. The first kappa shape index (κ1) is 14.5. The molecule has 1 saturated heterocycles. The third-order valence-corrected chi connectivity index (χ3v) is 4.20. The van der Waals surface area contributed by atoms with E-state index in [0.29, 0.717) is 46.8 Å². The molecular weight excluding hydrogens is 310 g/mol. The zero-order valence-corrected chi connectivity index (χ0v) is 13.0. The lowest BCUT2D eigenvalue weighted by Crippen LogP contribution is -2.26. The summed E-state index contributed by atoms with van der Waals surface area (Å²) in [6.07, 6.45) is 4.20. The van der Waals surface area contributed by atoms with Gasteiger partial charge in [0.1, 0.15) is 11.6 Å². The van der Waals surface area contributed by atoms with Gasteiger partial charge < -0.3 is 14.1 Å². The molecule has 1 aliphatic rings. The summed E-state index contributed by atoms with van der Waals surface area (Å²) in [6, 6.07) is 4.91. The summed E-state index contributed by atoms with van der Waals surface area (Å²) in [5, 5.41) is 0.498. The van der Waals surface area contributed by atoms with Crippen LogP contribution in [0.4, 0.5) is 5.82 Å². The highest BCUT2D eigenvalue weighted by Crippen LogP contribution is 2.33. The number of ether oxygens (including phenoxy) is 1. The third kappa shape index (κ3) is 2.25. The van der Waals surface area contributed by atoms with Crippen LogP contribution in [-0.4, -0.2) is 29.5 Å². The van der Waals surface area contributed by atoms with Crippen LogP contribution in [0.1, 0.15) is 12.8 Å². The molecule has 0 radical (unpaired) electrons. The van der Waals surface area contributed by atoms with Crippen LogP contribution in [0.5, 0.6) is 5.75 Å². The molecule has 0 atom stereocenters. The predicted molar refractivity (Wildman–Crippen MR) is 88.2 cm³/mol. The number of amides is 1. The van der Waals surface area contributed by atoms with Crippen molar-refractivity contribution in [1.29, 1.82) is 0 Å². The number of methoxy groups -OCH3 is 1. The van der Waals surface area contributed by atoms with E-state index in [1.807, 2.05) is 0 Å². The van der Waals surface area contributed by atoms with E-state index < -0.39 is 0 Å². The molecule has 24 heavy (non-hydrogen) atoms. The molecule has 3 aromatic rings. The van der Waals surface area contributed by atoms with Crippen molar-refractivity contribution in [3.8, 4) is 17.1 Å². The number of H-pyrrole nitrogens is 1. The average molecular weight is 325 g/mol. The van der Waals surface area contributed by atoms with Crippen molar-refractivity contribution in [2.45, 2.75) is 12.8 Å². The van der Waals surface area contributed by atoms with Crippen molar-refractivity contribution in [2.24, 2.45) is 0 Å². The lowest BCUT2D eigenvalue weighted by Gasteiger charge is -2.16. The molecule has 0 spiro atoms. The predicted octanol–water partition coefficient (Wildman–Crippen LogP) is 2.32. The molecule has 2 aromatic heterocycles. The topological polar surface area (TPSA) is 88.4 Å². The quantitative estimate of drug-likeness (QED) is 0.798. The Labute approximate surface area is 136 Å². The van der Waals surface area contributed by atoms with E-state index in [4.69, 9.17) is 9.15 Å². The van der Waals surface area contributed by atoms with Crippen LogP contribution < -0.4 is 15.1 Å². The maximum atomic E-state index is 12.5. The van der Waals surface area contributed by atoms with Crippen LogP contribution in [0, 0.1) is 0 Å². The molecule has 1 amide bonds. The fourth-order valence-corrected chi connectivity index (χ4v) is 3.02. The summed E-state index contributed by atoms with van der Waals surface area (Å²) in [6.45, 7) is 0.619. The van der Waals surface area contributed by atoms with E-state index in [9.17, 15) is 9.59 Å². The smallest absolute Gasteiger partial charge is 0.228 e. The van der Waals surface area contributed by atoms with Gasteiger partial charge in [-0.1, -0.05) is 0 Å². The van der Waals surface area contributed by atoms with Crippen molar-refractivity contribution in [3.05, 3.63) is 41.0 Å². The van der Waals surface area contributed by atoms with E-state index in [2.05, 4.69) is 9.97 Å². The molecule has 0 aliphatic carbocycles. The molecule has 1 aliphatic heterocycles. The van der Waals surface area contributed by atoms with Gasteiger partial charge in [-0.25, -0.2) is 4.98 Å². The van der Waals surface area contributed by atoms with Crippen molar-refractivity contribution < 1.29 is 13.9 Å². The SMILES string of the molecule is COc1cc2[nH]c(N3CCCC3=O)cc(=O)c2cc1-c1cnco1. The largest absolute Gasteiger partial charge is 0.496 e. The number of nitrogens with one attached hydrogen (secondary N) is 1. The number of hydrogen-bond donors (Lipinski definition) is 1. The maximum Gasteiger partial charge on any atom is 0.228 e. The number of nitrogens with zero attached hydrogens (tertiary/aromatic N) is 2. The Hall–Kier alpha value is -3.09. The zero-order chi connectivity index (χ0) is 16.7. The second-order valence-electron chi connectivity index (χ2n) is 5.63. The van der Waals surface area contributed by atoms with Gasteiger partial charge in [-0.3, -0.25) is 14.5 Å². The summed E-state index contributed by atoms with van der Waals surface area (Å²) in [4.78, 5) is 33.1. The lowest BCUT2D eigenvalue weighted by molar-refractivity contribution is -0.117. The Morgan fingerprint density at radius 3 is 2.83 bits per heavy atom. The van der Waals surface area contributed by atoms with Gasteiger partial charge in [-0.2, -0.15) is 0 Å². The standard InChI is InChI=1S/C17H15N3O4/c1-23-14-6-12-10(5-11(14)15-8-18-9-24-15)13(21)7-16(19-12)20-4-2-3-17(20)22/h5-9H,2-4H2,1H3,(H,19,21). The molecule has 1 N–H and O–H groups in total. The van der Waals surface area contributed by atoms with E-state index in [-0.39, 0.29) is 11.3 Å². The van der Waals surface area contributed by atoms with Gasteiger partial charge in [0.05, 0.1) is 24.4 Å². The van der Waals surface area contributed by atoms with Gasteiger partial charge >= 0.3 is 0 Å². The number of anilines is 1. The number of rotatable bonds is 3. The fourth-order valence-electron chi connectivity index (χ4n) is 3.02. The Kier molecular flexibility index (Phi) is 3.34. The maximum absolute atomic E-state index is 12.5. The van der Waals surface area contributed by atoms with Crippen LogP contribution in [0.15, 0.2) is 40.0 Å². The molecule has 4 rings (SSSR count). The second kappa shape index (κ2) is 5.52. The average Bonchev–Trinajstić information content (AvgIpc) is 3.25. The first-order valence-electron chi connectivity index (χ1n) is 7.61. The highest BCUT2D eigenvalue weighted by atomic mass is 16.5. The van der Waals surface area contributed by atoms with Gasteiger partial charge in [-0.05, 0) is 12.5 Å². The van der Waals surface area contributed by atoms with E-state index >= 15 is 0 Å². The van der Waals surface area contributed by atoms with Gasteiger partial charge in [0.15, 0.2) is 17.6 Å². The molecule has 0 saturated carbocycles. The number of hydrogen-bond acceptors (Lipinski definition) is 5. The minimum absolute atomic E-state index is 0.0234. The first-order valence-corrected chi connectivity index (χ1v) is 7.61. The van der Waals surface area contributed by atoms with Gasteiger partial charge in [-0.15, -0.1) is 0 Å². The van der Waals surface area contributed by atoms with Gasteiger partial charge in [0.2, 0.25) is 5.91 Å². The third-order valence-electron chi connectivity index (χ3n) is 4.20. The second-order valence-corrected chi connectivity index (χ2v) is 5.63. The Morgan fingerprint density at radius 2 is 2.17 bits per heavy atom. The van der Waals surface area contributed by atoms with Crippen molar-refractivity contribution in [3.63, 3.8) is 0 Å². The fraction of sp³-hybridized carbons (Fsp3) is 0.235. The molecule has 0 bridgehead atoms. The minimum atomic E-state index is -0.165. The van der Waals surface area contributed by atoms with E-state index in [1.54, 1.807) is 30.3 Å². The van der Waals surface area contributed by atoms with E-state index in [1.165, 1.54) is 12.5 Å². The number of benzene rings is 1. The highest BCUT2D eigenvalue weighted by Gasteiger charge is 2.23. The minimum Gasteiger partial charge on any atom is -0.496 e. The Balaban J connectivity index is 1.91. The van der Waals surface area contributed by atoms with Crippen molar-refractivity contribution in [2.75, 3.05) is 18.6 Å². The molecular formula is C17H15N3O4. The number of carbonyl (C=O) groups is 1. The number of pyridine rings is 1. The molecule has 1 aromatic carbocycles. The Bertz CT molecular complexity index is 975. The number of carbonyl (C=O) groups excluding carboxylic acids is 1. The number of aromatic nitrogens is 2. The summed E-state index contributed by atoms with van der Waals surface area (Å²) in [7, 11) is 1.55. The molecule has 7 nitrogen and oxygen atoms in total. The van der Waals surface area contributed by atoms with Crippen LogP contribution in [0.2, 0.25) is 0 Å². The zero-order valence-electron chi connectivity index (χ0n) is 13.0. The number of fused-ring (bicyclic) bond motifs is 1.